The van der Waals surface area contributed by atoms with E-state index in [0.29, 0.717) is 6.54 Å². The Morgan fingerprint density at radius 1 is 1.23 bits per heavy atom. The predicted octanol–water partition coefficient (Wildman–Crippen LogP) is 2.21. The van der Waals surface area contributed by atoms with Crippen molar-refractivity contribution in [2.24, 2.45) is 12.0 Å². The summed E-state index contributed by atoms with van der Waals surface area (Å²) in [5, 5.41) is 11.1. The van der Waals surface area contributed by atoms with Crippen LogP contribution in [0.5, 0.6) is 0 Å². The van der Waals surface area contributed by atoms with Gasteiger partial charge in [0.1, 0.15) is 5.65 Å². The predicted molar refractivity (Wildman–Crippen MR) is 115 cm³/mol. The van der Waals surface area contributed by atoms with Gasteiger partial charge in [0, 0.05) is 57.3 Å². The quantitative estimate of drug-likeness (QED) is 0.343. The number of aromatic nitrogens is 4. The van der Waals surface area contributed by atoms with Crippen molar-refractivity contribution in [1.82, 2.24) is 29.8 Å². The van der Waals surface area contributed by atoms with Gasteiger partial charge in [0.15, 0.2) is 5.96 Å². The Balaban J connectivity index is 0.00000243. The molecule has 3 aromatic rings. The Bertz CT molecular complexity index is 861. The van der Waals surface area contributed by atoms with E-state index >= 15 is 0 Å². The molecular formula is C18H26IN7. The minimum absolute atomic E-state index is 0. The van der Waals surface area contributed by atoms with Crippen LogP contribution in [-0.4, -0.2) is 38.7 Å². The SMILES string of the molecule is CN=C(NCCc1cn2ccccc2n1)NCc1c(C)nn(C)c1C.I. The van der Waals surface area contributed by atoms with Crippen LogP contribution in [-0.2, 0) is 20.0 Å². The van der Waals surface area contributed by atoms with E-state index in [2.05, 4.69) is 38.8 Å². The molecule has 0 fully saturated rings. The van der Waals surface area contributed by atoms with Gasteiger partial charge >= 0.3 is 0 Å². The normalized spacial score (nSPS) is 11.5. The lowest BCUT2D eigenvalue weighted by Crippen LogP contribution is -2.38. The molecular weight excluding hydrogens is 441 g/mol. The van der Waals surface area contributed by atoms with Crippen molar-refractivity contribution in [3.63, 3.8) is 0 Å². The van der Waals surface area contributed by atoms with Gasteiger partial charge in [-0.2, -0.15) is 5.10 Å². The lowest BCUT2D eigenvalue weighted by molar-refractivity contribution is 0.728. The summed E-state index contributed by atoms with van der Waals surface area (Å²) < 4.78 is 3.95. The molecule has 8 heteroatoms. The average molecular weight is 467 g/mol. The molecule has 0 saturated carbocycles. The smallest absolute Gasteiger partial charge is 0.191 e. The summed E-state index contributed by atoms with van der Waals surface area (Å²) >= 11 is 0. The molecule has 0 atom stereocenters. The van der Waals surface area contributed by atoms with Gasteiger partial charge in [-0.25, -0.2) is 4.98 Å². The number of nitrogens with one attached hydrogen (secondary N) is 2. The Morgan fingerprint density at radius 3 is 2.69 bits per heavy atom. The number of aryl methyl sites for hydroxylation is 2. The van der Waals surface area contributed by atoms with Gasteiger partial charge in [0.05, 0.1) is 11.4 Å². The van der Waals surface area contributed by atoms with Gasteiger partial charge in [-0.1, -0.05) is 6.07 Å². The number of guanidine groups is 1. The number of halogens is 1. The molecule has 3 heterocycles. The molecule has 3 rings (SSSR count). The minimum Gasteiger partial charge on any atom is -0.356 e. The highest BCUT2D eigenvalue weighted by Gasteiger charge is 2.09. The van der Waals surface area contributed by atoms with E-state index in [1.165, 1.54) is 11.3 Å². The zero-order valence-corrected chi connectivity index (χ0v) is 18.0. The van der Waals surface area contributed by atoms with E-state index in [9.17, 15) is 0 Å². The van der Waals surface area contributed by atoms with Crippen LogP contribution in [0.3, 0.4) is 0 Å². The first-order valence-electron chi connectivity index (χ1n) is 8.44. The van der Waals surface area contributed by atoms with Gasteiger partial charge < -0.3 is 15.0 Å². The summed E-state index contributed by atoms with van der Waals surface area (Å²) in [5.74, 6) is 0.784. The van der Waals surface area contributed by atoms with E-state index in [1.54, 1.807) is 7.05 Å². The van der Waals surface area contributed by atoms with Gasteiger partial charge in [-0.05, 0) is 26.0 Å². The number of aliphatic imine (C=N–C) groups is 1. The third-order valence-corrected chi connectivity index (χ3v) is 4.40. The fraction of sp³-hybridized carbons (Fsp3) is 0.389. The second-order valence-corrected chi connectivity index (χ2v) is 6.07. The Labute approximate surface area is 170 Å². The Kier molecular flexibility index (Phi) is 7.01. The fourth-order valence-corrected chi connectivity index (χ4v) is 2.88. The second kappa shape index (κ2) is 9.02. The lowest BCUT2D eigenvalue weighted by Gasteiger charge is -2.11. The second-order valence-electron chi connectivity index (χ2n) is 6.07. The molecule has 0 unspecified atom stereocenters. The first-order chi connectivity index (χ1) is 12.1. The molecule has 2 N–H and O–H groups in total. The van der Waals surface area contributed by atoms with E-state index in [-0.39, 0.29) is 24.0 Å². The third-order valence-electron chi connectivity index (χ3n) is 4.40. The summed E-state index contributed by atoms with van der Waals surface area (Å²) in [6, 6.07) is 6.01. The number of rotatable bonds is 5. The molecule has 26 heavy (non-hydrogen) atoms. The summed E-state index contributed by atoms with van der Waals surface area (Å²) in [6.45, 7) is 5.59. The van der Waals surface area contributed by atoms with Crippen LogP contribution < -0.4 is 10.6 Å². The van der Waals surface area contributed by atoms with E-state index in [0.717, 1.165) is 36.0 Å². The van der Waals surface area contributed by atoms with Gasteiger partial charge in [-0.15, -0.1) is 24.0 Å². The number of fused-ring (bicyclic) bond motifs is 1. The summed E-state index contributed by atoms with van der Waals surface area (Å²) in [5.41, 5.74) is 5.47. The van der Waals surface area contributed by atoms with Crippen LogP contribution >= 0.6 is 24.0 Å². The number of hydrogen-bond acceptors (Lipinski definition) is 3. The van der Waals surface area contributed by atoms with E-state index in [4.69, 9.17) is 0 Å². The van der Waals surface area contributed by atoms with E-state index in [1.807, 2.05) is 47.4 Å². The summed E-state index contributed by atoms with van der Waals surface area (Å²) in [6.07, 6.45) is 4.92. The van der Waals surface area contributed by atoms with Crippen LogP contribution in [0.2, 0.25) is 0 Å². The number of pyridine rings is 1. The van der Waals surface area contributed by atoms with E-state index < -0.39 is 0 Å². The van der Waals surface area contributed by atoms with Crippen LogP contribution in [0.4, 0.5) is 0 Å². The lowest BCUT2D eigenvalue weighted by atomic mass is 10.2. The molecule has 0 amide bonds. The Hall–Kier alpha value is -2.10. The van der Waals surface area contributed by atoms with Crippen LogP contribution in [0.25, 0.3) is 5.65 Å². The fourth-order valence-electron chi connectivity index (χ4n) is 2.88. The van der Waals surface area contributed by atoms with Crippen molar-refractivity contribution < 1.29 is 0 Å². The Morgan fingerprint density at radius 2 is 2.04 bits per heavy atom. The standard InChI is InChI=1S/C18H25N7.HI/c1-13-16(14(2)24(4)23-13)11-21-18(19-3)20-9-8-15-12-25-10-6-5-7-17(25)22-15;/h5-7,10,12H,8-9,11H2,1-4H3,(H2,19,20,21);1H. The summed E-state index contributed by atoms with van der Waals surface area (Å²) in [4.78, 5) is 8.89. The van der Waals surface area contributed by atoms with Gasteiger partial charge in [-0.3, -0.25) is 9.67 Å². The van der Waals surface area contributed by atoms with Crippen molar-refractivity contribution in [3.05, 3.63) is 53.2 Å². The highest BCUT2D eigenvalue weighted by atomic mass is 127. The third kappa shape index (κ3) is 4.54. The molecule has 0 spiro atoms. The van der Waals surface area contributed by atoms with Crippen molar-refractivity contribution >= 4 is 35.6 Å². The zero-order chi connectivity index (χ0) is 17.8. The molecule has 0 bridgehead atoms. The van der Waals surface area contributed by atoms with Crippen LogP contribution in [0.15, 0.2) is 35.6 Å². The van der Waals surface area contributed by atoms with Gasteiger partial charge in [0.2, 0.25) is 0 Å². The highest BCUT2D eigenvalue weighted by molar-refractivity contribution is 14.0. The zero-order valence-electron chi connectivity index (χ0n) is 15.7. The van der Waals surface area contributed by atoms with Crippen molar-refractivity contribution in [1.29, 1.82) is 0 Å². The highest BCUT2D eigenvalue weighted by Crippen LogP contribution is 2.11. The minimum atomic E-state index is 0. The first kappa shape index (κ1) is 20.2. The molecule has 0 aliphatic heterocycles. The number of imidazole rings is 1. The van der Waals surface area contributed by atoms with Crippen molar-refractivity contribution in [2.75, 3.05) is 13.6 Å². The summed E-state index contributed by atoms with van der Waals surface area (Å²) in [7, 11) is 3.75. The largest absolute Gasteiger partial charge is 0.356 e. The average Bonchev–Trinajstić information content (AvgIpc) is 3.12. The van der Waals surface area contributed by atoms with Crippen molar-refractivity contribution in [3.8, 4) is 0 Å². The molecule has 7 nitrogen and oxygen atoms in total. The molecule has 0 aliphatic carbocycles. The van der Waals surface area contributed by atoms with Crippen molar-refractivity contribution in [2.45, 2.75) is 26.8 Å². The molecule has 3 aromatic heterocycles. The number of hydrogen-bond donors (Lipinski definition) is 2. The molecule has 0 aliphatic rings. The maximum atomic E-state index is 4.61. The maximum Gasteiger partial charge on any atom is 0.191 e. The molecule has 140 valence electrons. The molecule has 0 saturated heterocycles. The first-order valence-corrected chi connectivity index (χ1v) is 8.44. The van der Waals surface area contributed by atoms with Crippen LogP contribution in [0.1, 0.15) is 22.6 Å². The monoisotopic (exact) mass is 467 g/mol. The maximum absolute atomic E-state index is 4.61. The van der Waals surface area contributed by atoms with Gasteiger partial charge in [0.25, 0.3) is 0 Å². The number of nitrogens with zero attached hydrogens (tertiary/aromatic N) is 5. The topological polar surface area (TPSA) is 71.5 Å². The van der Waals surface area contributed by atoms with Crippen LogP contribution in [0, 0.1) is 13.8 Å². The molecule has 0 aromatic carbocycles. The molecule has 0 radical (unpaired) electrons.